The van der Waals surface area contributed by atoms with E-state index in [0.717, 1.165) is 3.57 Å². The normalized spacial score (nSPS) is 13.8. The number of carbonyl (C=O) groups excluding carboxylic acids is 2. The van der Waals surface area contributed by atoms with Crippen LogP contribution in [-0.2, 0) is 4.74 Å². The molecule has 0 bridgehead atoms. The molecular weight excluding hydrogens is 525 g/mol. The lowest BCUT2D eigenvalue weighted by atomic mass is 10.1. The Morgan fingerprint density at radius 1 is 1.17 bits per heavy atom. The van der Waals surface area contributed by atoms with Gasteiger partial charge >= 0.3 is 5.97 Å². The number of rotatable bonds is 5. The van der Waals surface area contributed by atoms with E-state index >= 15 is 0 Å². The van der Waals surface area contributed by atoms with Crippen molar-refractivity contribution >= 4 is 57.4 Å². The minimum Gasteiger partial charge on any atom is -0.462 e. The molecule has 1 amide bonds. The van der Waals surface area contributed by atoms with E-state index in [2.05, 4.69) is 22.6 Å². The zero-order valence-corrected chi connectivity index (χ0v) is 19.1. The number of hydrogen-bond acceptors (Lipinski definition) is 6. The lowest BCUT2D eigenvalue weighted by Crippen LogP contribution is -2.49. The van der Waals surface area contributed by atoms with Gasteiger partial charge in [-0.05, 0) is 59.8 Å². The van der Waals surface area contributed by atoms with Gasteiger partial charge in [0.25, 0.3) is 11.6 Å². The van der Waals surface area contributed by atoms with E-state index in [1.54, 1.807) is 30.0 Å². The molecule has 1 saturated heterocycles. The highest BCUT2D eigenvalue weighted by Crippen LogP contribution is 2.31. The Balaban J connectivity index is 1.76. The number of carbonyl (C=O) groups is 2. The van der Waals surface area contributed by atoms with E-state index < -0.39 is 10.9 Å². The maximum absolute atomic E-state index is 12.8. The number of amides is 1. The molecule has 0 aromatic heterocycles. The molecule has 1 aliphatic heterocycles. The van der Waals surface area contributed by atoms with Crippen molar-refractivity contribution in [2.45, 2.75) is 6.92 Å². The standard InChI is InChI=1S/C20H19ClIN3O5/c1-2-30-20(27)13-3-6-17(18(11-13)25(28)29)23-7-9-24(10-8-23)19(26)15-12-14(22)4-5-16(15)21/h3-6,11-12H,2,7-10H2,1H3. The lowest BCUT2D eigenvalue weighted by molar-refractivity contribution is -0.384. The topological polar surface area (TPSA) is 93.0 Å². The van der Waals surface area contributed by atoms with Crippen molar-refractivity contribution in [2.75, 3.05) is 37.7 Å². The summed E-state index contributed by atoms with van der Waals surface area (Å²) in [6, 6.07) is 9.58. The first-order valence-corrected chi connectivity index (χ1v) is 10.7. The van der Waals surface area contributed by atoms with Crippen LogP contribution < -0.4 is 4.90 Å². The van der Waals surface area contributed by atoms with Crippen LogP contribution in [-0.4, -0.2) is 54.5 Å². The van der Waals surface area contributed by atoms with Gasteiger partial charge in [-0.3, -0.25) is 14.9 Å². The molecule has 0 spiro atoms. The summed E-state index contributed by atoms with van der Waals surface area (Å²) in [5.74, 6) is -0.762. The Kier molecular flexibility index (Phi) is 7.14. The number of ether oxygens (including phenoxy) is 1. The maximum atomic E-state index is 12.8. The molecule has 0 atom stereocenters. The molecular formula is C20H19ClIN3O5. The third kappa shape index (κ3) is 4.84. The van der Waals surface area contributed by atoms with Crippen molar-refractivity contribution in [3.8, 4) is 0 Å². The van der Waals surface area contributed by atoms with Gasteiger partial charge in [0.1, 0.15) is 5.69 Å². The average molecular weight is 544 g/mol. The summed E-state index contributed by atoms with van der Waals surface area (Å²) < 4.78 is 5.83. The Hall–Kier alpha value is -2.40. The molecule has 2 aromatic rings. The molecule has 1 heterocycles. The van der Waals surface area contributed by atoms with Gasteiger partial charge in [-0.25, -0.2) is 4.79 Å². The Morgan fingerprint density at radius 3 is 2.50 bits per heavy atom. The number of halogens is 2. The predicted molar refractivity (Wildman–Crippen MR) is 121 cm³/mol. The Labute approximate surface area is 192 Å². The van der Waals surface area contributed by atoms with Crippen molar-refractivity contribution in [3.63, 3.8) is 0 Å². The number of nitrogens with zero attached hydrogens (tertiary/aromatic N) is 3. The number of nitro groups is 1. The molecule has 30 heavy (non-hydrogen) atoms. The number of esters is 1. The molecule has 0 N–H and O–H groups in total. The highest BCUT2D eigenvalue weighted by Gasteiger charge is 2.28. The monoisotopic (exact) mass is 543 g/mol. The van der Waals surface area contributed by atoms with E-state index in [1.807, 2.05) is 11.0 Å². The minimum atomic E-state index is -0.600. The van der Waals surface area contributed by atoms with Crippen LogP contribution in [0.25, 0.3) is 0 Å². The largest absolute Gasteiger partial charge is 0.462 e. The second-order valence-electron chi connectivity index (χ2n) is 6.58. The number of piperazine rings is 1. The number of nitro benzene ring substituents is 1. The van der Waals surface area contributed by atoms with Crippen molar-refractivity contribution in [3.05, 3.63) is 66.2 Å². The molecule has 3 rings (SSSR count). The molecule has 10 heteroatoms. The second kappa shape index (κ2) is 9.61. The maximum Gasteiger partial charge on any atom is 0.338 e. The number of anilines is 1. The van der Waals surface area contributed by atoms with Crippen molar-refractivity contribution in [2.24, 2.45) is 0 Å². The molecule has 0 unspecified atom stereocenters. The molecule has 0 aliphatic carbocycles. The lowest BCUT2D eigenvalue weighted by Gasteiger charge is -2.36. The number of benzene rings is 2. The highest BCUT2D eigenvalue weighted by molar-refractivity contribution is 14.1. The van der Waals surface area contributed by atoms with E-state index in [0.29, 0.717) is 42.5 Å². The summed E-state index contributed by atoms with van der Waals surface area (Å²) in [5, 5.41) is 12.0. The first-order chi connectivity index (χ1) is 14.3. The van der Waals surface area contributed by atoms with Crippen LogP contribution in [0.1, 0.15) is 27.6 Å². The third-order valence-electron chi connectivity index (χ3n) is 4.75. The van der Waals surface area contributed by atoms with Crippen molar-refractivity contribution in [1.82, 2.24) is 4.90 Å². The van der Waals surface area contributed by atoms with E-state index in [1.165, 1.54) is 12.1 Å². The Morgan fingerprint density at radius 2 is 1.87 bits per heavy atom. The van der Waals surface area contributed by atoms with Gasteiger partial charge in [-0.15, -0.1) is 0 Å². The van der Waals surface area contributed by atoms with E-state index in [-0.39, 0.29) is 23.8 Å². The van der Waals surface area contributed by atoms with Crippen LogP contribution in [0.5, 0.6) is 0 Å². The first-order valence-electron chi connectivity index (χ1n) is 9.26. The first kappa shape index (κ1) is 22.3. The molecule has 1 fully saturated rings. The molecule has 8 nitrogen and oxygen atoms in total. The second-order valence-corrected chi connectivity index (χ2v) is 8.24. The smallest absolute Gasteiger partial charge is 0.338 e. The van der Waals surface area contributed by atoms with Gasteiger partial charge in [-0.2, -0.15) is 0 Å². The van der Waals surface area contributed by atoms with E-state index in [4.69, 9.17) is 16.3 Å². The molecule has 158 valence electrons. The Bertz CT molecular complexity index is 992. The van der Waals surface area contributed by atoms with Crippen molar-refractivity contribution < 1.29 is 19.2 Å². The van der Waals surface area contributed by atoms with Gasteiger partial charge in [0.05, 0.1) is 27.7 Å². The molecule has 0 radical (unpaired) electrons. The van der Waals surface area contributed by atoms with Crippen molar-refractivity contribution in [1.29, 1.82) is 0 Å². The summed E-state index contributed by atoms with van der Waals surface area (Å²) in [6.07, 6.45) is 0. The summed E-state index contributed by atoms with van der Waals surface area (Å²) in [7, 11) is 0. The molecule has 1 aliphatic rings. The fourth-order valence-corrected chi connectivity index (χ4v) is 3.95. The van der Waals surface area contributed by atoms with Gasteiger partial charge < -0.3 is 14.5 Å². The zero-order chi connectivity index (χ0) is 21.8. The fourth-order valence-electron chi connectivity index (χ4n) is 3.26. The van der Waals surface area contributed by atoms with Crippen LogP contribution in [0.2, 0.25) is 5.02 Å². The SMILES string of the molecule is CCOC(=O)c1ccc(N2CCN(C(=O)c3cc(I)ccc3Cl)CC2)c([N+](=O)[O-])c1. The molecule has 2 aromatic carbocycles. The fraction of sp³-hybridized carbons (Fsp3) is 0.300. The van der Waals surface area contributed by atoms with Gasteiger partial charge in [0, 0.05) is 35.8 Å². The van der Waals surface area contributed by atoms with Gasteiger partial charge in [0.2, 0.25) is 0 Å². The average Bonchev–Trinajstić information content (AvgIpc) is 2.74. The van der Waals surface area contributed by atoms with Crippen LogP contribution in [0.4, 0.5) is 11.4 Å². The number of hydrogen-bond donors (Lipinski definition) is 0. The predicted octanol–water partition coefficient (Wildman–Crippen LogP) is 3.99. The van der Waals surface area contributed by atoms with Crippen LogP contribution in [0, 0.1) is 13.7 Å². The van der Waals surface area contributed by atoms with E-state index in [9.17, 15) is 19.7 Å². The van der Waals surface area contributed by atoms with Crippen LogP contribution in [0.15, 0.2) is 36.4 Å². The highest BCUT2D eigenvalue weighted by atomic mass is 127. The molecule has 0 saturated carbocycles. The van der Waals surface area contributed by atoms with Crippen LogP contribution >= 0.6 is 34.2 Å². The summed E-state index contributed by atoms with van der Waals surface area (Å²) in [6.45, 7) is 3.51. The summed E-state index contributed by atoms with van der Waals surface area (Å²) in [4.78, 5) is 39.3. The zero-order valence-electron chi connectivity index (χ0n) is 16.1. The summed E-state index contributed by atoms with van der Waals surface area (Å²) in [5.41, 5.74) is 0.824. The van der Waals surface area contributed by atoms with Gasteiger partial charge in [0.15, 0.2) is 0 Å². The summed E-state index contributed by atoms with van der Waals surface area (Å²) >= 11 is 8.30. The van der Waals surface area contributed by atoms with Gasteiger partial charge in [-0.1, -0.05) is 11.6 Å². The third-order valence-corrected chi connectivity index (χ3v) is 5.75. The quantitative estimate of drug-likeness (QED) is 0.245. The minimum absolute atomic E-state index is 0.134. The van der Waals surface area contributed by atoms with Crippen LogP contribution in [0.3, 0.4) is 0 Å².